The van der Waals surface area contributed by atoms with Crippen LogP contribution in [-0.4, -0.2) is 8.42 Å². The predicted molar refractivity (Wildman–Crippen MR) is 74.5 cm³/mol. The van der Waals surface area contributed by atoms with Crippen molar-refractivity contribution in [3.8, 4) is 0 Å². The van der Waals surface area contributed by atoms with Crippen LogP contribution in [0.1, 0.15) is 18.5 Å². The Balaban J connectivity index is 2.20. The van der Waals surface area contributed by atoms with Crippen LogP contribution in [0, 0.1) is 0 Å². The van der Waals surface area contributed by atoms with Gasteiger partial charge in [-0.2, -0.15) is 0 Å². The Labute approximate surface area is 115 Å². The van der Waals surface area contributed by atoms with Gasteiger partial charge < -0.3 is 0 Å². The summed E-state index contributed by atoms with van der Waals surface area (Å²) in [7, 11) is -3.45. The van der Waals surface area contributed by atoms with Crippen molar-refractivity contribution in [1.82, 2.24) is 4.72 Å². The van der Waals surface area contributed by atoms with E-state index in [1.807, 2.05) is 6.07 Å². The fraction of sp³-hybridized carbons (Fsp3) is 0.167. The highest BCUT2D eigenvalue weighted by Gasteiger charge is 2.19. The Kier molecular flexibility index (Phi) is 4.07. The molecule has 0 amide bonds. The Morgan fingerprint density at radius 2 is 2.06 bits per heavy atom. The van der Waals surface area contributed by atoms with Crippen LogP contribution in [0.4, 0.5) is 0 Å². The zero-order valence-electron chi connectivity index (χ0n) is 9.63. The van der Waals surface area contributed by atoms with Crippen LogP contribution in [0.5, 0.6) is 0 Å². The van der Waals surface area contributed by atoms with Gasteiger partial charge in [0.15, 0.2) is 0 Å². The fourth-order valence-electron chi connectivity index (χ4n) is 1.55. The zero-order valence-corrected chi connectivity index (χ0v) is 12.0. The SMILES string of the molecule is CC(NS(=O)(=O)c1cccs1)c1cccc(Cl)c1. The average molecular weight is 302 g/mol. The second-order valence-corrected chi connectivity index (χ2v) is 7.16. The van der Waals surface area contributed by atoms with Crippen molar-refractivity contribution in [2.75, 3.05) is 0 Å². The maximum atomic E-state index is 12.0. The fourth-order valence-corrected chi connectivity index (χ4v) is 3.99. The smallest absolute Gasteiger partial charge is 0.206 e. The minimum absolute atomic E-state index is 0.316. The summed E-state index contributed by atoms with van der Waals surface area (Å²) in [5.74, 6) is 0. The number of thiophene rings is 1. The van der Waals surface area contributed by atoms with Gasteiger partial charge in [-0.3, -0.25) is 0 Å². The molecule has 96 valence electrons. The summed E-state index contributed by atoms with van der Waals surface area (Å²) >= 11 is 7.08. The van der Waals surface area contributed by atoms with Gasteiger partial charge in [0.05, 0.1) is 0 Å². The molecule has 0 saturated carbocycles. The molecule has 1 aromatic heterocycles. The van der Waals surface area contributed by atoms with E-state index in [2.05, 4.69) is 4.72 Å². The summed E-state index contributed by atoms with van der Waals surface area (Å²) in [5.41, 5.74) is 0.836. The third-order valence-corrected chi connectivity index (χ3v) is 5.61. The van der Waals surface area contributed by atoms with E-state index in [0.29, 0.717) is 9.23 Å². The van der Waals surface area contributed by atoms with E-state index in [4.69, 9.17) is 11.6 Å². The van der Waals surface area contributed by atoms with E-state index in [-0.39, 0.29) is 6.04 Å². The molecule has 1 N–H and O–H groups in total. The van der Waals surface area contributed by atoms with Gasteiger partial charge in [-0.15, -0.1) is 11.3 Å². The molecule has 0 fully saturated rings. The molecule has 0 radical (unpaired) electrons. The molecule has 1 heterocycles. The molecule has 0 spiro atoms. The van der Waals surface area contributed by atoms with E-state index >= 15 is 0 Å². The first-order valence-corrected chi connectivity index (χ1v) is 8.04. The van der Waals surface area contributed by atoms with Gasteiger partial charge in [-0.05, 0) is 36.1 Å². The van der Waals surface area contributed by atoms with Gasteiger partial charge in [0.2, 0.25) is 0 Å². The minimum atomic E-state index is -3.45. The first-order chi connectivity index (χ1) is 8.49. The summed E-state index contributed by atoms with van der Waals surface area (Å²) in [5, 5.41) is 2.33. The van der Waals surface area contributed by atoms with Crippen LogP contribution in [0.3, 0.4) is 0 Å². The lowest BCUT2D eigenvalue weighted by Crippen LogP contribution is -2.26. The van der Waals surface area contributed by atoms with Gasteiger partial charge >= 0.3 is 0 Å². The maximum absolute atomic E-state index is 12.0. The van der Waals surface area contributed by atoms with Crippen molar-refractivity contribution >= 4 is 33.0 Å². The Bertz CT molecular complexity index is 623. The third kappa shape index (κ3) is 3.11. The molecule has 1 unspecified atom stereocenters. The molecular formula is C12H12ClNO2S2. The van der Waals surface area contributed by atoms with Crippen LogP contribution < -0.4 is 4.72 Å². The predicted octanol–water partition coefficient (Wildman–Crippen LogP) is 3.44. The number of sulfonamides is 1. The lowest BCUT2D eigenvalue weighted by atomic mass is 10.1. The molecule has 1 aromatic carbocycles. The molecule has 2 aromatic rings. The highest BCUT2D eigenvalue weighted by Crippen LogP contribution is 2.21. The Hall–Kier alpha value is -0.880. The number of benzene rings is 1. The van der Waals surface area contributed by atoms with Crippen molar-refractivity contribution < 1.29 is 8.42 Å². The van der Waals surface area contributed by atoms with Crippen molar-refractivity contribution in [2.24, 2.45) is 0 Å². The lowest BCUT2D eigenvalue weighted by molar-refractivity contribution is 0.569. The van der Waals surface area contributed by atoms with Crippen LogP contribution in [0.2, 0.25) is 5.02 Å². The molecule has 0 aliphatic heterocycles. The number of nitrogens with one attached hydrogen (secondary N) is 1. The van der Waals surface area contributed by atoms with E-state index in [0.717, 1.165) is 5.56 Å². The molecular weight excluding hydrogens is 290 g/mol. The summed E-state index contributed by atoms with van der Waals surface area (Å²) in [6, 6.07) is 10.1. The van der Waals surface area contributed by atoms with Crippen LogP contribution in [-0.2, 0) is 10.0 Å². The van der Waals surface area contributed by atoms with Crippen molar-refractivity contribution in [2.45, 2.75) is 17.2 Å². The Morgan fingerprint density at radius 1 is 1.28 bits per heavy atom. The highest BCUT2D eigenvalue weighted by molar-refractivity contribution is 7.91. The summed E-state index contributed by atoms with van der Waals surface area (Å²) in [4.78, 5) is 0. The second kappa shape index (κ2) is 5.40. The molecule has 0 aliphatic carbocycles. The molecule has 18 heavy (non-hydrogen) atoms. The number of halogens is 1. The molecule has 3 nitrogen and oxygen atoms in total. The molecule has 0 saturated heterocycles. The number of rotatable bonds is 4. The third-order valence-electron chi connectivity index (χ3n) is 2.44. The normalized spacial score (nSPS) is 13.4. The van der Waals surface area contributed by atoms with Gasteiger partial charge in [-0.1, -0.05) is 29.8 Å². The highest BCUT2D eigenvalue weighted by atomic mass is 35.5. The van der Waals surface area contributed by atoms with Gasteiger partial charge in [0, 0.05) is 11.1 Å². The second-order valence-electron chi connectivity index (χ2n) is 3.83. The van der Waals surface area contributed by atoms with Crippen LogP contribution >= 0.6 is 22.9 Å². The molecule has 0 aliphatic rings. The topological polar surface area (TPSA) is 46.2 Å². The summed E-state index contributed by atoms with van der Waals surface area (Å²) in [6.45, 7) is 1.79. The van der Waals surface area contributed by atoms with E-state index < -0.39 is 10.0 Å². The van der Waals surface area contributed by atoms with Crippen LogP contribution in [0.15, 0.2) is 46.0 Å². The van der Waals surface area contributed by atoms with Crippen LogP contribution in [0.25, 0.3) is 0 Å². The van der Waals surface area contributed by atoms with Gasteiger partial charge in [0.1, 0.15) is 4.21 Å². The first kappa shape index (κ1) is 13.5. The van der Waals surface area contributed by atoms with Gasteiger partial charge in [0.25, 0.3) is 10.0 Å². The van der Waals surface area contributed by atoms with Gasteiger partial charge in [-0.25, -0.2) is 13.1 Å². The molecule has 1 atom stereocenters. The zero-order chi connectivity index (χ0) is 13.2. The number of hydrogen-bond acceptors (Lipinski definition) is 3. The first-order valence-electron chi connectivity index (χ1n) is 5.30. The van der Waals surface area contributed by atoms with E-state index in [1.165, 1.54) is 11.3 Å². The van der Waals surface area contributed by atoms with E-state index in [9.17, 15) is 8.42 Å². The quantitative estimate of drug-likeness (QED) is 0.940. The largest absolute Gasteiger partial charge is 0.250 e. The van der Waals surface area contributed by atoms with E-state index in [1.54, 1.807) is 42.6 Å². The minimum Gasteiger partial charge on any atom is -0.206 e. The average Bonchev–Trinajstić information content (AvgIpc) is 2.82. The molecule has 2 rings (SSSR count). The summed E-state index contributed by atoms with van der Waals surface area (Å²) in [6.07, 6.45) is 0. The summed E-state index contributed by atoms with van der Waals surface area (Å²) < 4.78 is 27.0. The number of hydrogen-bond donors (Lipinski definition) is 1. The van der Waals surface area contributed by atoms with Crippen molar-refractivity contribution in [3.63, 3.8) is 0 Å². The molecule has 6 heteroatoms. The van der Waals surface area contributed by atoms with Crippen molar-refractivity contribution in [3.05, 3.63) is 52.4 Å². The monoisotopic (exact) mass is 301 g/mol. The molecule has 0 bridgehead atoms. The lowest BCUT2D eigenvalue weighted by Gasteiger charge is -2.14. The van der Waals surface area contributed by atoms with Crippen molar-refractivity contribution in [1.29, 1.82) is 0 Å². The standard InChI is InChI=1S/C12H12ClNO2S2/c1-9(10-4-2-5-11(13)8-10)14-18(15,16)12-6-3-7-17-12/h2-9,14H,1H3. The Morgan fingerprint density at radius 3 is 2.67 bits per heavy atom. The maximum Gasteiger partial charge on any atom is 0.250 e.